The highest BCUT2D eigenvalue weighted by Gasteiger charge is 2.33. The van der Waals surface area contributed by atoms with E-state index >= 15 is 0 Å². The van der Waals surface area contributed by atoms with Crippen LogP contribution in [-0.4, -0.2) is 70.2 Å². The van der Waals surface area contributed by atoms with Crippen LogP contribution in [0.5, 0.6) is 0 Å². The van der Waals surface area contributed by atoms with Crippen molar-refractivity contribution in [1.29, 1.82) is 0 Å². The number of carbonyl (C=O) groups is 1. The number of pyridine rings is 1. The Morgan fingerprint density at radius 1 is 1.17 bits per heavy atom. The Morgan fingerprint density at radius 3 is 2.70 bits per heavy atom. The summed E-state index contributed by atoms with van der Waals surface area (Å²) in [5, 5.41) is 13.6. The maximum atomic E-state index is 12.7. The van der Waals surface area contributed by atoms with Gasteiger partial charge in [-0.3, -0.25) is 19.6 Å². The molecule has 6 heteroatoms. The van der Waals surface area contributed by atoms with Gasteiger partial charge in [-0.1, -0.05) is 18.9 Å². The molecule has 3 fully saturated rings. The van der Waals surface area contributed by atoms with Crippen LogP contribution in [0, 0.1) is 5.92 Å². The van der Waals surface area contributed by atoms with Gasteiger partial charge in [0.15, 0.2) is 0 Å². The van der Waals surface area contributed by atoms with Gasteiger partial charge in [0.25, 0.3) is 0 Å². The van der Waals surface area contributed by atoms with E-state index < -0.39 is 5.60 Å². The van der Waals surface area contributed by atoms with Crippen molar-refractivity contribution in [3.63, 3.8) is 0 Å². The molecule has 2 aliphatic heterocycles. The molecule has 6 nitrogen and oxygen atoms in total. The summed E-state index contributed by atoms with van der Waals surface area (Å²) in [6, 6.07) is 4.76. The SMILES string of the molecule is O=C(NCCC1(O)CCCC1)[C@@H]1CCCN(C2CCN(Cc3cccnc3)CC2)C1. The number of carbonyl (C=O) groups excluding carboxylic acids is 1. The van der Waals surface area contributed by atoms with Gasteiger partial charge in [0.2, 0.25) is 5.91 Å². The third-order valence-electron chi connectivity index (χ3n) is 7.45. The second-order valence-corrected chi connectivity index (χ2v) is 9.68. The molecule has 30 heavy (non-hydrogen) atoms. The maximum Gasteiger partial charge on any atom is 0.224 e. The first-order valence-electron chi connectivity index (χ1n) is 12.0. The van der Waals surface area contributed by atoms with Gasteiger partial charge < -0.3 is 10.4 Å². The lowest BCUT2D eigenvalue weighted by Crippen LogP contribution is -2.50. The second kappa shape index (κ2) is 10.2. The number of rotatable bonds is 7. The van der Waals surface area contributed by atoms with Crippen molar-refractivity contribution in [2.75, 3.05) is 32.7 Å². The summed E-state index contributed by atoms with van der Waals surface area (Å²) in [4.78, 5) is 22.0. The van der Waals surface area contributed by atoms with Gasteiger partial charge in [-0.15, -0.1) is 0 Å². The molecule has 0 bridgehead atoms. The van der Waals surface area contributed by atoms with E-state index in [0.29, 0.717) is 19.0 Å². The van der Waals surface area contributed by atoms with Gasteiger partial charge in [-0.05, 0) is 76.2 Å². The molecular weight excluding hydrogens is 376 g/mol. The topological polar surface area (TPSA) is 68.7 Å². The zero-order valence-electron chi connectivity index (χ0n) is 18.3. The first-order valence-corrected chi connectivity index (χ1v) is 12.0. The molecule has 0 radical (unpaired) electrons. The monoisotopic (exact) mass is 414 g/mol. The number of amides is 1. The van der Waals surface area contributed by atoms with E-state index in [-0.39, 0.29) is 11.8 Å². The first-order chi connectivity index (χ1) is 14.6. The zero-order valence-corrected chi connectivity index (χ0v) is 18.3. The molecule has 0 unspecified atom stereocenters. The molecule has 1 saturated carbocycles. The minimum atomic E-state index is -0.532. The molecule has 3 aliphatic rings. The van der Waals surface area contributed by atoms with Gasteiger partial charge >= 0.3 is 0 Å². The fraction of sp³-hybridized carbons (Fsp3) is 0.750. The molecular formula is C24H38N4O2. The predicted molar refractivity (Wildman–Crippen MR) is 118 cm³/mol. The number of hydrogen-bond acceptors (Lipinski definition) is 5. The number of hydrogen-bond donors (Lipinski definition) is 2. The number of aromatic nitrogens is 1. The standard InChI is InChI=1S/C24H38N4O2/c29-23(26-13-11-24(30)9-1-2-10-24)21-6-4-14-28(19-21)22-7-15-27(16-8-22)18-20-5-3-12-25-17-20/h3,5,12,17,21-22,30H,1-2,4,6-11,13-16,18-19H2,(H,26,29)/t21-/m1/s1. The molecule has 1 atom stereocenters. The zero-order chi connectivity index (χ0) is 20.8. The maximum absolute atomic E-state index is 12.7. The largest absolute Gasteiger partial charge is 0.390 e. The van der Waals surface area contributed by atoms with Gasteiger partial charge in [0, 0.05) is 38.1 Å². The molecule has 1 aromatic heterocycles. The fourth-order valence-electron chi connectivity index (χ4n) is 5.59. The molecule has 3 heterocycles. The second-order valence-electron chi connectivity index (χ2n) is 9.68. The first kappa shape index (κ1) is 21.7. The quantitative estimate of drug-likeness (QED) is 0.718. The summed E-state index contributed by atoms with van der Waals surface area (Å²) in [7, 11) is 0. The van der Waals surface area contributed by atoms with Crippen LogP contribution in [0.4, 0.5) is 0 Å². The van der Waals surface area contributed by atoms with E-state index in [1.807, 2.05) is 18.5 Å². The predicted octanol–water partition coefficient (Wildman–Crippen LogP) is 2.57. The van der Waals surface area contributed by atoms with Crippen LogP contribution in [0.15, 0.2) is 24.5 Å². The van der Waals surface area contributed by atoms with Crippen LogP contribution in [-0.2, 0) is 11.3 Å². The summed E-state index contributed by atoms with van der Waals surface area (Å²) in [6.07, 6.45) is 13.0. The van der Waals surface area contributed by atoms with Crippen LogP contribution < -0.4 is 5.32 Å². The van der Waals surface area contributed by atoms with Gasteiger partial charge in [-0.25, -0.2) is 0 Å². The highest BCUT2D eigenvalue weighted by atomic mass is 16.3. The average molecular weight is 415 g/mol. The highest BCUT2D eigenvalue weighted by Crippen LogP contribution is 2.32. The van der Waals surface area contributed by atoms with Crippen molar-refractivity contribution < 1.29 is 9.90 Å². The number of aliphatic hydroxyl groups is 1. The Labute approximate surface area is 181 Å². The Balaban J connectivity index is 1.19. The van der Waals surface area contributed by atoms with E-state index in [2.05, 4.69) is 26.2 Å². The molecule has 166 valence electrons. The number of piperidine rings is 2. The van der Waals surface area contributed by atoms with E-state index in [0.717, 1.165) is 71.2 Å². The Hall–Kier alpha value is -1.50. The Morgan fingerprint density at radius 2 is 1.97 bits per heavy atom. The minimum Gasteiger partial charge on any atom is -0.390 e. The lowest BCUT2D eigenvalue weighted by atomic mass is 9.93. The normalized spacial score (nSPS) is 26.0. The van der Waals surface area contributed by atoms with E-state index in [4.69, 9.17) is 0 Å². The average Bonchev–Trinajstić information content (AvgIpc) is 3.21. The third-order valence-corrected chi connectivity index (χ3v) is 7.45. The van der Waals surface area contributed by atoms with Crippen molar-refractivity contribution in [2.24, 2.45) is 5.92 Å². The van der Waals surface area contributed by atoms with E-state index in [9.17, 15) is 9.90 Å². The number of likely N-dealkylation sites (tertiary alicyclic amines) is 2. The van der Waals surface area contributed by atoms with Crippen LogP contribution in [0.3, 0.4) is 0 Å². The van der Waals surface area contributed by atoms with Crippen LogP contribution in [0.1, 0.15) is 63.4 Å². The van der Waals surface area contributed by atoms with Crippen LogP contribution >= 0.6 is 0 Å². The van der Waals surface area contributed by atoms with Crippen LogP contribution in [0.2, 0.25) is 0 Å². The molecule has 2 N–H and O–H groups in total. The molecule has 1 aliphatic carbocycles. The van der Waals surface area contributed by atoms with Crippen molar-refractivity contribution in [3.8, 4) is 0 Å². The molecule has 4 rings (SSSR count). The fourth-order valence-corrected chi connectivity index (χ4v) is 5.59. The summed E-state index contributed by atoms with van der Waals surface area (Å²) >= 11 is 0. The molecule has 1 aromatic rings. The summed E-state index contributed by atoms with van der Waals surface area (Å²) < 4.78 is 0. The van der Waals surface area contributed by atoms with E-state index in [1.54, 1.807) is 0 Å². The lowest BCUT2D eigenvalue weighted by Gasteiger charge is -2.42. The van der Waals surface area contributed by atoms with E-state index in [1.165, 1.54) is 18.4 Å². The Bertz CT molecular complexity index is 669. The van der Waals surface area contributed by atoms with Crippen molar-refractivity contribution in [2.45, 2.75) is 76.0 Å². The van der Waals surface area contributed by atoms with Crippen molar-refractivity contribution in [1.82, 2.24) is 20.1 Å². The number of nitrogens with zero attached hydrogens (tertiary/aromatic N) is 3. The summed E-state index contributed by atoms with van der Waals surface area (Å²) in [5.41, 5.74) is 0.753. The minimum absolute atomic E-state index is 0.102. The highest BCUT2D eigenvalue weighted by molar-refractivity contribution is 5.78. The van der Waals surface area contributed by atoms with Crippen molar-refractivity contribution in [3.05, 3.63) is 30.1 Å². The molecule has 0 aromatic carbocycles. The summed E-state index contributed by atoms with van der Waals surface area (Å²) in [5.74, 6) is 0.292. The lowest BCUT2D eigenvalue weighted by molar-refractivity contribution is -0.127. The Kier molecular flexibility index (Phi) is 7.39. The van der Waals surface area contributed by atoms with Gasteiger partial charge in [-0.2, -0.15) is 0 Å². The van der Waals surface area contributed by atoms with Crippen LogP contribution in [0.25, 0.3) is 0 Å². The molecule has 0 spiro atoms. The van der Waals surface area contributed by atoms with Gasteiger partial charge in [0.1, 0.15) is 0 Å². The smallest absolute Gasteiger partial charge is 0.224 e. The molecule has 2 saturated heterocycles. The number of nitrogens with one attached hydrogen (secondary N) is 1. The van der Waals surface area contributed by atoms with Crippen molar-refractivity contribution >= 4 is 5.91 Å². The van der Waals surface area contributed by atoms with Gasteiger partial charge in [0.05, 0.1) is 11.5 Å². The third kappa shape index (κ3) is 5.80. The molecule has 1 amide bonds. The summed E-state index contributed by atoms with van der Waals surface area (Å²) in [6.45, 7) is 5.84.